The van der Waals surface area contributed by atoms with E-state index in [9.17, 15) is 10.1 Å². The first-order valence-electron chi connectivity index (χ1n) is 5.05. The zero-order chi connectivity index (χ0) is 12.1. The van der Waals surface area contributed by atoms with Gasteiger partial charge in [-0.3, -0.25) is 20.4 Å². The van der Waals surface area contributed by atoms with Crippen molar-refractivity contribution in [3.63, 3.8) is 0 Å². The van der Waals surface area contributed by atoms with Gasteiger partial charge in [0, 0.05) is 18.3 Å². The summed E-state index contributed by atoms with van der Waals surface area (Å²) in [6.07, 6.45) is 3.07. The van der Waals surface area contributed by atoms with Gasteiger partial charge < -0.3 is 0 Å². The summed E-state index contributed by atoms with van der Waals surface area (Å²) in [4.78, 5) is 17.0. The first-order chi connectivity index (χ1) is 8.25. The molecule has 0 amide bonds. The maximum atomic E-state index is 10.4. The molecule has 0 bridgehead atoms. The summed E-state index contributed by atoms with van der Waals surface area (Å²) in [5, 5.41) is 13.5. The number of anilines is 1. The molecule has 86 valence electrons. The first-order valence-corrected chi connectivity index (χ1v) is 5.05. The molecule has 0 atom stereocenters. The van der Waals surface area contributed by atoms with Gasteiger partial charge in [-0.05, 0) is 12.1 Å². The number of pyridine rings is 2. The zero-order valence-corrected chi connectivity index (χ0v) is 8.96. The number of aromatic nitrogens is 2. The molecule has 6 heteroatoms. The minimum atomic E-state index is -0.445. The number of nitro groups is 1. The van der Waals surface area contributed by atoms with Gasteiger partial charge in [-0.1, -0.05) is 6.07 Å². The second-order valence-corrected chi connectivity index (χ2v) is 3.39. The quantitative estimate of drug-likeness (QED) is 0.637. The lowest BCUT2D eigenvalue weighted by Gasteiger charge is -1.98. The molecule has 6 nitrogen and oxygen atoms in total. The van der Waals surface area contributed by atoms with Gasteiger partial charge in [-0.2, -0.15) is 0 Å². The molecule has 2 heterocycles. The SMILES string of the molecule is O=[N+]([O-])c1ccc(NCc2ccccn2)[nH+]c1. The fourth-order valence-electron chi connectivity index (χ4n) is 1.33. The summed E-state index contributed by atoms with van der Waals surface area (Å²) in [6, 6.07) is 8.72. The lowest BCUT2D eigenvalue weighted by Crippen LogP contribution is -2.13. The Labute approximate surface area is 97.5 Å². The highest BCUT2D eigenvalue weighted by molar-refractivity contribution is 5.34. The summed E-state index contributed by atoms with van der Waals surface area (Å²) < 4.78 is 0. The Balaban J connectivity index is 1.98. The minimum Gasteiger partial charge on any atom is -0.269 e. The van der Waals surface area contributed by atoms with Gasteiger partial charge in [0.05, 0.1) is 10.6 Å². The van der Waals surface area contributed by atoms with Crippen LogP contribution < -0.4 is 10.3 Å². The molecule has 0 unspecified atom stereocenters. The highest BCUT2D eigenvalue weighted by Gasteiger charge is 2.08. The molecule has 17 heavy (non-hydrogen) atoms. The molecule has 2 aromatic heterocycles. The predicted octanol–water partition coefficient (Wildman–Crippen LogP) is 1.42. The normalized spacial score (nSPS) is 9.88. The molecule has 0 saturated carbocycles. The van der Waals surface area contributed by atoms with Crippen LogP contribution in [0.2, 0.25) is 0 Å². The van der Waals surface area contributed by atoms with E-state index in [1.54, 1.807) is 12.3 Å². The number of nitrogens with zero attached hydrogens (tertiary/aromatic N) is 2. The van der Waals surface area contributed by atoms with E-state index in [2.05, 4.69) is 15.3 Å². The van der Waals surface area contributed by atoms with Crippen LogP contribution in [0.5, 0.6) is 0 Å². The number of hydrogen-bond acceptors (Lipinski definition) is 4. The van der Waals surface area contributed by atoms with Crippen LogP contribution in [0.15, 0.2) is 42.7 Å². The smallest absolute Gasteiger partial charge is 0.269 e. The highest BCUT2D eigenvalue weighted by atomic mass is 16.6. The molecule has 0 spiro atoms. The molecule has 0 aliphatic heterocycles. The van der Waals surface area contributed by atoms with Gasteiger partial charge in [0.1, 0.15) is 6.54 Å². The predicted molar refractivity (Wildman–Crippen MR) is 61.2 cm³/mol. The Kier molecular flexibility index (Phi) is 3.25. The second-order valence-electron chi connectivity index (χ2n) is 3.39. The number of H-pyrrole nitrogens is 1. The molecule has 0 radical (unpaired) electrons. The third kappa shape index (κ3) is 2.97. The Morgan fingerprint density at radius 1 is 1.35 bits per heavy atom. The summed E-state index contributed by atoms with van der Waals surface area (Å²) >= 11 is 0. The molecule has 0 saturated heterocycles. The molecule has 0 aliphatic rings. The monoisotopic (exact) mass is 231 g/mol. The molecule has 2 aromatic rings. The zero-order valence-electron chi connectivity index (χ0n) is 8.96. The average Bonchev–Trinajstić information content (AvgIpc) is 2.38. The van der Waals surface area contributed by atoms with E-state index < -0.39 is 4.92 Å². The Bertz CT molecular complexity index is 499. The van der Waals surface area contributed by atoms with Crippen LogP contribution in [0.1, 0.15) is 5.69 Å². The van der Waals surface area contributed by atoms with Crippen LogP contribution in [0, 0.1) is 10.1 Å². The van der Waals surface area contributed by atoms with Crippen molar-refractivity contribution in [2.45, 2.75) is 6.54 Å². The van der Waals surface area contributed by atoms with Crippen LogP contribution in [-0.2, 0) is 6.54 Å². The van der Waals surface area contributed by atoms with E-state index in [0.29, 0.717) is 12.4 Å². The van der Waals surface area contributed by atoms with Crippen molar-refractivity contribution in [3.05, 3.63) is 58.5 Å². The van der Waals surface area contributed by atoms with Crippen LogP contribution in [0.3, 0.4) is 0 Å². The van der Waals surface area contributed by atoms with Crippen molar-refractivity contribution < 1.29 is 9.91 Å². The maximum absolute atomic E-state index is 10.4. The van der Waals surface area contributed by atoms with E-state index in [-0.39, 0.29) is 5.69 Å². The number of aromatic amines is 1. The van der Waals surface area contributed by atoms with Crippen molar-refractivity contribution in [3.8, 4) is 0 Å². The fourth-order valence-corrected chi connectivity index (χ4v) is 1.33. The van der Waals surface area contributed by atoms with E-state index >= 15 is 0 Å². The van der Waals surface area contributed by atoms with Crippen LogP contribution >= 0.6 is 0 Å². The van der Waals surface area contributed by atoms with Crippen LogP contribution in [0.25, 0.3) is 0 Å². The number of rotatable bonds is 4. The van der Waals surface area contributed by atoms with Crippen LogP contribution in [0.4, 0.5) is 11.5 Å². The molecule has 2 N–H and O–H groups in total. The molecule has 2 rings (SSSR count). The Morgan fingerprint density at radius 2 is 2.24 bits per heavy atom. The summed E-state index contributed by atoms with van der Waals surface area (Å²) in [5.41, 5.74) is 0.938. The number of hydrogen-bond donors (Lipinski definition) is 1. The van der Waals surface area contributed by atoms with Gasteiger partial charge >= 0.3 is 5.69 Å². The van der Waals surface area contributed by atoms with Crippen molar-refractivity contribution in [1.29, 1.82) is 0 Å². The standard InChI is InChI=1S/C11H10N4O2/c16-15(17)10-4-5-11(14-8-10)13-7-9-3-1-2-6-12-9/h1-6,8H,7H2,(H,13,14)/p+1. The summed E-state index contributed by atoms with van der Waals surface area (Å²) in [6.45, 7) is 0.565. The van der Waals surface area contributed by atoms with E-state index in [0.717, 1.165) is 5.69 Å². The average molecular weight is 231 g/mol. The van der Waals surface area contributed by atoms with Crippen molar-refractivity contribution in [2.75, 3.05) is 5.32 Å². The van der Waals surface area contributed by atoms with Gasteiger partial charge in [-0.25, -0.2) is 4.98 Å². The molecular weight excluding hydrogens is 220 g/mol. The second kappa shape index (κ2) is 5.02. The third-order valence-corrected chi connectivity index (χ3v) is 2.19. The van der Waals surface area contributed by atoms with Gasteiger partial charge in [0.25, 0.3) is 5.82 Å². The largest absolute Gasteiger partial charge is 0.308 e. The Hall–Kier alpha value is -2.50. The van der Waals surface area contributed by atoms with Crippen LogP contribution in [-0.4, -0.2) is 9.91 Å². The highest BCUT2D eigenvalue weighted by Crippen LogP contribution is 2.08. The van der Waals surface area contributed by atoms with E-state index in [1.165, 1.54) is 12.3 Å². The third-order valence-electron chi connectivity index (χ3n) is 2.19. The van der Waals surface area contributed by atoms with Crippen molar-refractivity contribution in [1.82, 2.24) is 4.98 Å². The lowest BCUT2D eigenvalue weighted by molar-refractivity contribution is -0.413. The Morgan fingerprint density at radius 3 is 2.82 bits per heavy atom. The summed E-state index contributed by atoms with van der Waals surface area (Å²) in [5.74, 6) is 0.709. The lowest BCUT2D eigenvalue weighted by atomic mass is 10.3. The van der Waals surface area contributed by atoms with Gasteiger partial charge in [0.15, 0.2) is 6.20 Å². The van der Waals surface area contributed by atoms with E-state index in [4.69, 9.17) is 0 Å². The summed E-state index contributed by atoms with van der Waals surface area (Å²) in [7, 11) is 0. The minimum absolute atomic E-state index is 0.0355. The van der Waals surface area contributed by atoms with Crippen molar-refractivity contribution in [2.24, 2.45) is 0 Å². The van der Waals surface area contributed by atoms with Crippen molar-refractivity contribution >= 4 is 11.5 Å². The fraction of sp³-hybridized carbons (Fsp3) is 0.0909. The van der Waals surface area contributed by atoms with E-state index in [1.807, 2.05) is 18.2 Å². The molecular formula is C11H11N4O2+. The van der Waals surface area contributed by atoms with Gasteiger partial charge in [0.2, 0.25) is 0 Å². The molecule has 0 aliphatic carbocycles. The first kappa shape index (κ1) is 11.0. The topological polar surface area (TPSA) is 82.2 Å². The van der Waals surface area contributed by atoms with Gasteiger partial charge in [-0.15, -0.1) is 0 Å². The maximum Gasteiger partial charge on any atom is 0.308 e. The molecule has 0 fully saturated rings. The number of nitrogens with one attached hydrogen (secondary N) is 2. The molecule has 0 aromatic carbocycles.